The Morgan fingerprint density at radius 3 is 2.54 bits per heavy atom. The van der Waals surface area contributed by atoms with Crippen molar-refractivity contribution >= 4 is 11.9 Å². The van der Waals surface area contributed by atoms with Crippen molar-refractivity contribution in [3.8, 4) is 17.3 Å². The molecule has 1 aromatic heterocycles. The van der Waals surface area contributed by atoms with Gasteiger partial charge in [-0.1, -0.05) is 12.1 Å². The predicted octanol–water partition coefficient (Wildman–Crippen LogP) is 2.93. The third-order valence-electron chi connectivity index (χ3n) is 5.17. The van der Waals surface area contributed by atoms with Crippen LogP contribution in [0, 0.1) is 11.3 Å². The van der Waals surface area contributed by atoms with E-state index in [1.807, 2.05) is 26.0 Å². The van der Waals surface area contributed by atoms with Gasteiger partial charge in [-0.15, -0.1) is 0 Å². The minimum Gasteiger partial charge on any atom is -0.464 e. The Balaban J connectivity index is 1.78. The van der Waals surface area contributed by atoms with Crippen LogP contribution in [0.2, 0.25) is 0 Å². The number of ether oxygens (including phenoxy) is 1. The molecule has 1 amide bonds. The molecule has 1 aliphatic carbocycles. The summed E-state index contributed by atoms with van der Waals surface area (Å²) in [6.45, 7) is 4.29. The standard InChI is InChI=1S/C21H22N4O3/c1-12(2)25-19(20(26)23-16-9-10-28-21(16)27)17(14-7-8-14)18(24-25)15-5-3-13(11-22)4-6-15/h3-6,12,14,16H,7-10H2,1-2H3,(H,23,26). The first-order chi connectivity index (χ1) is 13.5. The van der Waals surface area contributed by atoms with E-state index in [1.54, 1.807) is 16.8 Å². The molecule has 1 aromatic carbocycles. The number of nitriles is 1. The molecule has 1 N–H and O–H groups in total. The zero-order valence-electron chi connectivity index (χ0n) is 15.9. The second kappa shape index (κ2) is 7.12. The van der Waals surface area contributed by atoms with E-state index in [4.69, 9.17) is 15.1 Å². The van der Waals surface area contributed by atoms with Crippen LogP contribution < -0.4 is 5.32 Å². The molecule has 0 bridgehead atoms. The van der Waals surface area contributed by atoms with Gasteiger partial charge in [0.25, 0.3) is 5.91 Å². The summed E-state index contributed by atoms with van der Waals surface area (Å²) in [7, 11) is 0. The lowest BCUT2D eigenvalue weighted by Gasteiger charge is -2.14. The number of carbonyl (C=O) groups excluding carboxylic acids is 2. The highest BCUT2D eigenvalue weighted by Crippen LogP contribution is 2.46. The molecule has 1 aliphatic heterocycles. The fourth-order valence-corrected chi connectivity index (χ4v) is 3.58. The average Bonchev–Trinajstić information content (AvgIpc) is 3.33. The lowest BCUT2D eigenvalue weighted by Crippen LogP contribution is -2.39. The van der Waals surface area contributed by atoms with Gasteiger partial charge in [-0.05, 0) is 44.7 Å². The Kier molecular flexibility index (Phi) is 4.63. The SMILES string of the molecule is CC(C)n1nc(-c2ccc(C#N)cc2)c(C2CC2)c1C(=O)NC1CCOC1=O. The lowest BCUT2D eigenvalue weighted by atomic mass is 10.0. The number of rotatable bonds is 5. The van der Waals surface area contributed by atoms with Crippen LogP contribution in [-0.2, 0) is 9.53 Å². The molecule has 1 saturated carbocycles. The Morgan fingerprint density at radius 1 is 1.29 bits per heavy atom. The molecular weight excluding hydrogens is 356 g/mol. The lowest BCUT2D eigenvalue weighted by molar-refractivity contribution is -0.139. The van der Waals surface area contributed by atoms with Crippen molar-refractivity contribution in [2.45, 2.75) is 51.1 Å². The minimum absolute atomic E-state index is 0.0130. The zero-order valence-corrected chi connectivity index (χ0v) is 15.9. The molecule has 1 saturated heterocycles. The van der Waals surface area contributed by atoms with E-state index < -0.39 is 6.04 Å². The monoisotopic (exact) mass is 378 g/mol. The molecule has 28 heavy (non-hydrogen) atoms. The van der Waals surface area contributed by atoms with Crippen molar-refractivity contribution in [2.24, 2.45) is 0 Å². The zero-order chi connectivity index (χ0) is 19.8. The van der Waals surface area contributed by atoms with Crippen LogP contribution in [0.5, 0.6) is 0 Å². The van der Waals surface area contributed by atoms with Gasteiger partial charge in [0.1, 0.15) is 11.7 Å². The van der Waals surface area contributed by atoms with E-state index in [0.29, 0.717) is 24.3 Å². The molecule has 7 heteroatoms. The molecule has 0 radical (unpaired) electrons. The molecule has 2 aromatic rings. The maximum absolute atomic E-state index is 13.1. The van der Waals surface area contributed by atoms with Crippen LogP contribution in [0.1, 0.15) is 66.7 Å². The summed E-state index contributed by atoms with van der Waals surface area (Å²) in [5.41, 5.74) is 3.70. The van der Waals surface area contributed by atoms with Crippen LogP contribution in [0.25, 0.3) is 11.3 Å². The summed E-state index contributed by atoms with van der Waals surface area (Å²) >= 11 is 0. The van der Waals surface area contributed by atoms with Crippen molar-refractivity contribution in [3.63, 3.8) is 0 Å². The number of hydrogen-bond acceptors (Lipinski definition) is 5. The molecule has 2 fully saturated rings. The third-order valence-corrected chi connectivity index (χ3v) is 5.17. The predicted molar refractivity (Wildman–Crippen MR) is 102 cm³/mol. The largest absolute Gasteiger partial charge is 0.464 e. The maximum atomic E-state index is 13.1. The number of nitrogens with one attached hydrogen (secondary N) is 1. The van der Waals surface area contributed by atoms with Crippen molar-refractivity contribution in [3.05, 3.63) is 41.1 Å². The van der Waals surface area contributed by atoms with Gasteiger partial charge in [-0.3, -0.25) is 9.48 Å². The van der Waals surface area contributed by atoms with E-state index in [-0.39, 0.29) is 23.8 Å². The number of amides is 1. The van der Waals surface area contributed by atoms with E-state index in [9.17, 15) is 9.59 Å². The second-order valence-corrected chi connectivity index (χ2v) is 7.59. The number of carbonyl (C=O) groups is 2. The molecule has 7 nitrogen and oxygen atoms in total. The molecule has 2 heterocycles. The normalized spacial score (nSPS) is 18.8. The van der Waals surface area contributed by atoms with Crippen molar-refractivity contribution < 1.29 is 14.3 Å². The van der Waals surface area contributed by atoms with Gasteiger partial charge in [-0.25, -0.2) is 4.79 Å². The van der Waals surface area contributed by atoms with Gasteiger partial charge in [0.05, 0.1) is 23.9 Å². The molecule has 2 aliphatic rings. The van der Waals surface area contributed by atoms with E-state index in [0.717, 1.165) is 29.7 Å². The van der Waals surface area contributed by atoms with Crippen LogP contribution in [-0.4, -0.2) is 34.3 Å². The summed E-state index contributed by atoms with van der Waals surface area (Å²) in [6.07, 6.45) is 2.51. The highest BCUT2D eigenvalue weighted by atomic mass is 16.5. The van der Waals surface area contributed by atoms with E-state index >= 15 is 0 Å². The fraction of sp³-hybridized carbons (Fsp3) is 0.429. The van der Waals surface area contributed by atoms with Gasteiger partial charge in [0, 0.05) is 23.6 Å². The third kappa shape index (κ3) is 3.26. The highest BCUT2D eigenvalue weighted by molar-refractivity contribution is 5.98. The molecular formula is C21H22N4O3. The van der Waals surface area contributed by atoms with Gasteiger partial charge in [-0.2, -0.15) is 10.4 Å². The van der Waals surface area contributed by atoms with E-state index in [2.05, 4.69) is 11.4 Å². The topological polar surface area (TPSA) is 97.0 Å². The molecule has 1 atom stereocenters. The number of benzene rings is 1. The summed E-state index contributed by atoms with van der Waals surface area (Å²) in [5.74, 6) is -0.384. The number of esters is 1. The summed E-state index contributed by atoms with van der Waals surface area (Å²) in [5, 5.41) is 16.6. The maximum Gasteiger partial charge on any atom is 0.328 e. The van der Waals surface area contributed by atoms with Gasteiger partial charge in [0.2, 0.25) is 0 Å². The van der Waals surface area contributed by atoms with Crippen molar-refractivity contribution in [1.29, 1.82) is 5.26 Å². The van der Waals surface area contributed by atoms with E-state index in [1.165, 1.54) is 0 Å². The smallest absolute Gasteiger partial charge is 0.328 e. The first-order valence-electron chi connectivity index (χ1n) is 9.60. The van der Waals surface area contributed by atoms with Crippen LogP contribution in [0.15, 0.2) is 24.3 Å². The van der Waals surface area contributed by atoms with Crippen LogP contribution >= 0.6 is 0 Å². The molecule has 4 rings (SSSR count). The number of aromatic nitrogens is 2. The van der Waals surface area contributed by atoms with Gasteiger partial charge >= 0.3 is 5.97 Å². The van der Waals surface area contributed by atoms with Gasteiger partial charge < -0.3 is 10.1 Å². The molecule has 144 valence electrons. The van der Waals surface area contributed by atoms with Gasteiger partial charge in [0.15, 0.2) is 0 Å². The second-order valence-electron chi connectivity index (χ2n) is 7.59. The van der Waals surface area contributed by atoms with Crippen LogP contribution in [0.4, 0.5) is 0 Å². The highest BCUT2D eigenvalue weighted by Gasteiger charge is 2.37. The molecule has 0 spiro atoms. The van der Waals surface area contributed by atoms with Crippen molar-refractivity contribution in [1.82, 2.24) is 15.1 Å². The summed E-state index contributed by atoms with van der Waals surface area (Å²) in [6, 6.07) is 8.76. The Hall–Kier alpha value is -3.14. The number of hydrogen-bond donors (Lipinski definition) is 1. The van der Waals surface area contributed by atoms with Crippen LogP contribution in [0.3, 0.4) is 0 Å². The Morgan fingerprint density at radius 2 is 2.00 bits per heavy atom. The number of cyclic esters (lactones) is 1. The Bertz CT molecular complexity index is 965. The average molecular weight is 378 g/mol. The van der Waals surface area contributed by atoms with Crippen molar-refractivity contribution in [2.75, 3.05) is 6.61 Å². The Labute approximate surface area is 163 Å². The fourth-order valence-electron chi connectivity index (χ4n) is 3.58. The minimum atomic E-state index is -0.603. The summed E-state index contributed by atoms with van der Waals surface area (Å²) in [4.78, 5) is 24.9. The quantitative estimate of drug-likeness (QED) is 0.807. The number of nitrogens with zero attached hydrogens (tertiary/aromatic N) is 3. The summed E-state index contributed by atoms with van der Waals surface area (Å²) < 4.78 is 6.71. The first-order valence-corrected chi connectivity index (χ1v) is 9.60. The first kappa shape index (κ1) is 18.2. The molecule has 1 unspecified atom stereocenters.